The Kier molecular flexibility index (Phi) is 10.4. The molecule has 0 aromatic rings. The third-order valence-electron chi connectivity index (χ3n) is 3.36. The molecule has 0 aliphatic carbocycles. The Morgan fingerprint density at radius 1 is 1.00 bits per heavy atom. The minimum Gasteiger partial charge on any atom is -0.459 e. The van der Waals surface area contributed by atoms with Crippen molar-refractivity contribution in [2.75, 3.05) is 5.75 Å². The molecule has 25 heavy (non-hydrogen) atoms. The van der Waals surface area contributed by atoms with Gasteiger partial charge in [-0.3, -0.25) is 4.79 Å². The number of unbranched alkanes of at least 4 members (excludes halogenated alkanes) is 3. The monoisotopic (exact) mass is 392 g/mol. The van der Waals surface area contributed by atoms with Gasteiger partial charge in [-0.2, -0.15) is 22.0 Å². The first-order chi connectivity index (χ1) is 11.3. The molecule has 1 unspecified atom stereocenters. The smallest absolute Gasteiger partial charge is 0.453 e. The summed E-state index contributed by atoms with van der Waals surface area (Å²) in [5.74, 6) is -4.65. The van der Waals surface area contributed by atoms with Crippen molar-refractivity contribution in [1.29, 1.82) is 0 Å². The van der Waals surface area contributed by atoms with Crippen LogP contribution in [0.15, 0.2) is 0 Å². The van der Waals surface area contributed by atoms with E-state index in [1.807, 2.05) is 6.92 Å². The maximum Gasteiger partial charge on any atom is 0.453 e. The maximum absolute atomic E-state index is 12.8. The van der Waals surface area contributed by atoms with Gasteiger partial charge < -0.3 is 4.74 Å². The molecule has 0 aromatic carbocycles. The lowest BCUT2D eigenvalue weighted by atomic mass is 10.1. The molecule has 0 saturated heterocycles. The van der Waals surface area contributed by atoms with Crippen LogP contribution in [0.25, 0.3) is 0 Å². The highest BCUT2D eigenvalue weighted by molar-refractivity contribution is 8.00. The molecule has 8 heteroatoms. The molecule has 0 heterocycles. The normalized spacial score (nSPS) is 14.4. The molecule has 0 amide bonds. The van der Waals surface area contributed by atoms with Crippen LogP contribution in [0, 0.1) is 0 Å². The molecule has 0 fully saturated rings. The second-order valence-corrected chi connectivity index (χ2v) is 8.36. The molecular weight excluding hydrogens is 363 g/mol. The van der Waals surface area contributed by atoms with Gasteiger partial charge in [-0.15, -0.1) is 11.8 Å². The topological polar surface area (TPSA) is 26.3 Å². The Morgan fingerprint density at radius 2 is 1.60 bits per heavy atom. The van der Waals surface area contributed by atoms with Crippen molar-refractivity contribution in [3.8, 4) is 0 Å². The summed E-state index contributed by atoms with van der Waals surface area (Å²) in [6.45, 7) is 7.32. The number of carbonyl (C=O) groups is 1. The van der Waals surface area contributed by atoms with E-state index in [1.54, 1.807) is 20.8 Å². The second kappa shape index (κ2) is 10.6. The number of hydrogen-bond acceptors (Lipinski definition) is 3. The summed E-state index contributed by atoms with van der Waals surface area (Å²) in [5.41, 5.74) is -0.616. The zero-order valence-electron chi connectivity index (χ0n) is 15.3. The Hall–Kier alpha value is -0.530. The van der Waals surface area contributed by atoms with Crippen LogP contribution in [-0.4, -0.2) is 34.7 Å². The largest absolute Gasteiger partial charge is 0.459 e. The zero-order chi connectivity index (χ0) is 19.7. The fourth-order valence-corrected chi connectivity index (χ4v) is 3.21. The molecule has 0 spiro atoms. The van der Waals surface area contributed by atoms with E-state index in [0.717, 1.165) is 19.3 Å². The SMILES string of the molecule is CCCCCC(SCCCCC(F)(F)C(F)(F)F)C(=O)OC(C)(C)C. The van der Waals surface area contributed by atoms with Crippen LogP contribution in [0.4, 0.5) is 22.0 Å². The van der Waals surface area contributed by atoms with Crippen molar-refractivity contribution < 1.29 is 31.5 Å². The number of esters is 1. The van der Waals surface area contributed by atoms with Gasteiger partial charge in [-0.1, -0.05) is 26.2 Å². The van der Waals surface area contributed by atoms with Crippen molar-refractivity contribution in [3.05, 3.63) is 0 Å². The van der Waals surface area contributed by atoms with Crippen LogP contribution in [0.5, 0.6) is 0 Å². The van der Waals surface area contributed by atoms with Crippen LogP contribution in [-0.2, 0) is 9.53 Å². The minimum atomic E-state index is -5.50. The van der Waals surface area contributed by atoms with Crippen LogP contribution in [0.2, 0.25) is 0 Å². The van der Waals surface area contributed by atoms with Crippen molar-refractivity contribution in [3.63, 3.8) is 0 Å². The molecule has 0 aliphatic heterocycles. The number of halogens is 5. The zero-order valence-corrected chi connectivity index (χ0v) is 16.2. The lowest BCUT2D eigenvalue weighted by Gasteiger charge is -2.24. The Bertz CT molecular complexity index is 391. The highest BCUT2D eigenvalue weighted by Gasteiger charge is 2.56. The summed E-state index contributed by atoms with van der Waals surface area (Å²) in [6.07, 6.45) is -3.33. The predicted molar refractivity (Wildman–Crippen MR) is 91.1 cm³/mol. The lowest BCUT2D eigenvalue weighted by molar-refractivity contribution is -0.284. The fraction of sp³-hybridized carbons (Fsp3) is 0.941. The number of carbonyl (C=O) groups excluding carboxylic acids is 1. The Morgan fingerprint density at radius 3 is 2.08 bits per heavy atom. The molecule has 0 aliphatic rings. The summed E-state index contributed by atoms with van der Waals surface area (Å²) in [4.78, 5) is 12.2. The molecule has 150 valence electrons. The highest BCUT2D eigenvalue weighted by Crippen LogP contribution is 2.39. The molecule has 0 radical (unpaired) electrons. The third-order valence-corrected chi connectivity index (χ3v) is 4.71. The molecule has 0 rings (SSSR count). The third kappa shape index (κ3) is 10.9. The summed E-state index contributed by atoms with van der Waals surface area (Å²) in [6, 6.07) is 0. The molecule has 0 bridgehead atoms. The van der Waals surface area contributed by atoms with Gasteiger partial charge >= 0.3 is 18.1 Å². The van der Waals surface area contributed by atoms with E-state index in [0.29, 0.717) is 12.2 Å². The maximum atomic E-state index is 12.8. The first kappa shape index (κ1) is 24.5. The number of hydrogen-bond donors (Lipinski definition) is 0. The van der Waals surface area contributed by atoms with Crippen LogP contribution < -0.4 is 0 Å². The van der Waals surface area contributed by atoms with Crippen LogP contribution in [0.3, 0.4) is 0 Å². The Labute approximate surface area is 151 Å². The molecular formula is C17H29F5O2S. The van der Waals surface area contributed by atoms with Crippen LogP contribution >= 0.6 is 11.8 Å². The van der Waals surface area contributed by atoms with Crippen molar-refractivity contribution in [2.45, 2.75) is 95.6 Å². The van der Waals surface area contributed by atoms with E-state index < -0.39 is 29.4 Å². The molecule has 2 nitrogen and oxygen atoms in total. The first-order valence-corrected chi connectivity index (χ1v) is 9.64. The molecule has 0 aromatic heterocycles. The first-order valence-electron chi connectivity index (χ1n) is 8.59. The van der Waals surface area contributed by atoms with E-state index in [-0.39, 0.29) is 18.8 Å². The van der Waals surface area contributed by atoms with Crippen molar-refractivity contribution >= 4 is 17.7 Å². The fourth-order valence-electron chi connectivity index (χ4n) is 2.03. The van der Waals surface area contributed by atoms with Gasteiger partial charge in [0.25, 0.3) is 0 Å². The molecule has 0 N–H and O–H groups in total. The van der Waals surface area contributed by atoms with Crippen molar-refractivity contribution in [2.24, 2.45) is 0 Å². The minimum absolute atomic E-state index is 0.198. The second-order valence-electron chi connectivity index (χ2n) is 7.05. The van der Waals surface area contributed by atoms with Gasteiger partial charge in [0.1, 0.15) is 10.9 Å². The number of alkyl halides is 5. The average molecular weight is 392 g/mol. The summed E-state index contributed by atoms with van der Waals surface area (Å²) >= 11 is 1.28. The summed E-state index contributed by atoms with van der Waals surface area (Å²) < 4.78 is 67.3. The van der Waals surface area contributed by atoms with Crippen molar-refractivity contribution in [1.82, 2.24) is 0 Å². The van der Waals surface area contributed by atoms with Gasteiger partial charge in [0.15, 0.2) is 0 Å². The molecule has 0 saturated carbocycles. The van der Waals surface area contributed by atoms with E-state index in [1.165, 1.54) is 11.8 Å². The molecule has 1 atom stereocenters. The number of thioether (sulfide) groups is 1. The van der Waals surface area contributed by atoms with Gasteiger partial charge in [0, 0.05) is 6.42 Å². The van der Waals surface area contributed by atoms with E-state index >= 15 is 0 Å². The number of rotatable bonds is 11. The summed E-state index contributed by atoms with van der Waals surface area (Å²) in [5, 5.41) is -0.408. The number of ether oxygens (including phenoxy) is 1. The van der Waals surface area contributed by atoms with E-state index in [2.05, 4.69) is 0 Å². The van der Waals surface area contributed by atoms with Gasteiger partial charge in [-0.25, -0.2) is 0 Å². The average Bonchev–Trinajstić information content (AvgIpc) is 2.41. The highest BCUT2D eigenvalue weighted by atomic mass is 32.2. The van der Waals surface area contributed by atoms with Gasteiger partial charge in [0.2, 0.25) is 0 Å². The van der Waals surface area contributed by atoms with E-state index in [9.17, 15) is 26.7 Å². The van der Waals surface area contributed by atoms with Gasteiger partial charge in [-0.05, 0) is 45.8 Å². The van der Waals surface area contributed by atoms with E-state index in [4.69, 9.17) is 4.74 Å². The lowest BCUT2D eigenvalue weighted by Crippen LogP contribution is -2.36. The van der Waals surface area contributed by atoms with Crippen LogP contribution in [0.1, 0.15) is 72.6 Å². The predicted octanol–water partition coefficient (Wildman–Crippen LogP) is 6.38. The standard InChI is InChI=1S/C17H29F5O2S/c1-5-6-7-10-13(14(23)24-15(2,3)4)25-12-9-8-11-16(18,19)17(20,21)22/h13H,5-12H2,1-4H3. The van der Waals surface area contributed by atoms with Gasteiger partial charge in [0.05, 0.1) is 0 Å². The summed E-state index contributed by atoms with van der Waals surface area (Å²) in [7, 11) is 0. The quantitative estimate of drug-likeness (QED) is 0.232. The Balaban J connectivity index is 4.36.